The van der Waals surface area contributed by atoms with Crippen molar-refractivity contribution in [3.05, 3.63) is 46.5 Å². The molecule has 3 aromatic heterocycles. The predicted molar refractivity (Wildman–Crippen MR) is 113 cm³/mol. The maximum absolute atomic E-state index is 12.9. The summed E-state index contributed by atoms with van der Waals surface area (Å²) in [6.45, 7) is 3.38. The third-order valence-corrected chi connectivity index (χ3v) is 5.07. The zero-order valence-electron chi connectivity index (χ0n) is 17.4. The van der Waals surface area contributed by atoms with E-state index < -0.39 is 23.9 Å². The Hall–Kier alpha value is -3.38. The van der Waals surface area contributed by atoms with Crippen molar-refractivity contribution >= 4 is 34.8 Å². The lowest BCUT2D eigenvalue weighted by atomic mass is 10.2. The lowest BCUT2D eigenvalue weighted by molar-refractivity contribution is -0.150. The van der Waals surface area contributed by atoms with Crippen molar-refractivity contribution in [2.75, 3.05) is 6.61 Å². The smallest absolute Gasteiger partial charge is 0.434 e. The van der Waals surface area contributed by atoms with Crippen LogP contribution in [0, 0.1) is 0 Å². The summed E-state index contributed by atoms with van der Waals surface area (Å²) in [5.74, 6) is -0.423. The fourth-order valence-electron chi connectivity index (χ4n) is 2.87. The summed E-state index contributed by atoms with van der Waals surface area (Å²) < 4.78 is 55.4. The number of benzene rings is 1. The number of esters is 1. The van der Waals surface area contributed by atoms with Crippen molar-refractivity contribution in [2.24, 2.45) is 0 Å². The predicted octanol–water partition coefficient (Wildman–Crippen LogP) is 5.10. The van der Waals surface area contributed by atoms with E-state index >= 15 is 0 Å². The summed E-state index contributed by atoms with van der Waals surface area (Å²) in [7, 11) is 0. The minimum Gasteiger partial charge on any atom is -0.477 e. The van der Waals surface area contributed by atoms with Crippen LogP contribution < -0.4 is 4.74 Å². The number of carbonyl (C=O) groups is 1. The molecule has 1 atom stereocenters. The first-order valence-electron chi connectivity index (χ1n) is 9.65. The van der Waals surface area contributed by atoms with Gasteiger partial charge in [0, 0.05) is 24.0 Å². The molecule has 9 nitrogen and oxygen atoms in total. The number of carbonyl (C=O) groups excluding carboxylic acids is 1. The first-order chi connectivity index (χ1) is 16.1. The molecule has 0 aliphatic rings. The average molecular weight is 516 g/mol. The van der Waals surface area contributed by atoms with Gasteiger partial charge >= 0.3 is 12.1 Å². The summed E-state index contributed by atoms with van der Waals surface area (Å²) in [5.41, 5.74) is -0.495. The number of ether oxygens (including phenoxy) is 2. The molecule has 0 amide bonds. The van der Waals surface area contributed by atoms with Gasteiger partial charge in [0.2, 0.25) is 5.82 Å². The number of halogens is 5. The Bertz CT molecular complexity index is 1370. The van der Waals surface area contributed by atoms with E-state index in [0.29, 0.717) is 5.56 Å². The molecule has 34 heavy (non-hydrogen) atoms. The van der Waals surface area contributed by atoms with E-state index in [2.05, 4.69) is 20.1 Å². The molecule has 14 heteroatoms. The Kier molecular flexibility index (Phi) is 6.36. The maximum Gasteiger partial charge on any atom is 0.434 e. The molecule has 0 saturated heterocycles. The molecule has 4 aromatic rings. The lowest BCUT2D eigenvalue weighted by Crippen LogP contribution is -2.26. The van der Waals surface area contributed by atoms with Crippen molar-refractivity contribution in [2.45, 2.75) is 26.1 Å². The van der Waals surface area contributed by atoms with Crippen molar-refractivity contribution in [3.8, 4) is 28.7 Å². The van der Waals surface area contributed by atoms with Gasteiger partial charge in [-0.05, 0) is 19.9 Å². The summed E-state index contributed by atoms with van der Waals surface area (Å²) in [6, 6.07) is 2.81. The van der Waals surface area contributed by atoms with Crippen LogP contribution in [0.4, 0.5) is 13.2 Å². The Morgan fingerprint density at radius 2 is 1.97 bits per heavy atom. The fourth-order valence-corrected chi connectivity index (χ4v) is 3.32. The van der Waals surface area contributed by atoms with E-state index in [1.807, 2.05) is 0 Å². The highest BCUT2D eigenvalue weighted by molar-refractivity contribution is 6.36. The molecule has 3 heterocycles. The van der Waals surface area contributed by atoms with Crippen LogP contribution in [-0.2, 0) is 15.7 Å². The van der Waals surface area contributed by atoms with Crippen LogP contribution in [0.1, 0.15) is 19.5 Å². The molecule has 0 N–H and O–H groups in total. The van der Waals surface area contributed by atoms with Gasteiger partial charge in [-0.15, -0.1) is 0 Å². The molecular formula is C20H14Cl2F3N5O4. The molecule has 1 aromatic carbocycles. The Balaban J connectivity index is 1.60. The zero-order chi connectivity index (χ0) is 24.6. The molecule has 0 saturated carbocycles. The van der Waals surface area contributed by atoms with Crippen LogP contribution >= 0.6 is 23.2 Å². The van der Waals surface area contributed by atoms with Crippen molar-refractivity contribution in [3.63, 3.8) is 0 Å². The molecule has 0 fully saturated rings. The summed E-state index contributed by atoms with van der Waals surface area (Å²) >= 11 is 12.6. The van der Waals surface area contributed by atoms with Crippen molar-refractivity contribution in [1.82, 2.24) is 24.5 Å². The van der Waals surface area contributed by atoms with E-state index in [0.717, 1.165) is 16.8 Å². The molecule has 0 aliphatic carbocycles. The highest BCUT2D eigenvalue weighted by Gasteiger charge is 2.33. The van der Waals surface area contributed by atoms with Crippen molar-refractivity contribution in [1.29, 1.82) is 0 Å². The molecule has 0 radical (unpaired) electrons. The minimum atomic E-state index is -4.60. The van der Waals surface area contributed by atoms with Crippen LogP contribution in [0.3, 0.4) is 0 Å². The number of hydrogen-bond acceptors (Lipinski definition) is 8. The summed E-state index contributed by atoms with van der Waals surface area (Å²) in [4.78, 5) is 23.5. The SMILES string of the molecule is CCOC(=O)C(C)Oc1cc(Cl)c(-c2noc(-c3cn4cc(C(F)(F)F)ncc4n3)n2)cc1Cl. The van der Waals surface area contributed by atoms with Crippen LogP contribution in [0.15, 0.2) is 35.2 Å². The number of alkyl halides is 3. The zero-order valence-corrected chi connectivity index (χ0v) is 18.9. The van der Waals surface area contributed by atoms with Gasteiger partial charge in [0.1, 0.15) is 11.4 Å². The number of rotatable bonds is 6. The first-order valence-corrected chi connectivity index (χ1v) is 10.4. The molecule has 1 unspecified atom stereocenters. The molecule has 4 rings (SSSR count). The number of imidazole rings is 1. The summed E-state index contributed by atoms with van der Waals surface area (Å²) in [5, 5.41) is 4.12. The number of aromatic nitrogens is 5. The third kappa shape index (κ3) is 4.77. The average Bonchev–Trinajstić information content (AvgIpc) is 3.42. The van der Waals surface area contributed by atoms with E-state index in [9.17, 15) is 18.0 Å². The Morgan fingerprint density at radius 3 is 2.68 bits per heavy atom. The van der Waals surface area contributed by atoms with Gasteiger partial charge < -0.3 is 18.4 Å². The van der Waals surface area contributed by atoms with Gasteiger partial charge in [-0.1, -0.05) is 28.4 Å². The molecular weight excluding hydrogens is 502 g/mol. The second kappa shape index (κ2) is 9.11. The van der Waals surface area contributed by atoms with Gasteiger partial charge in [-0.3, -0.25) is 0 Å². The Morgan fingerprint density at radius 1 is 1.21 bits per heavy atom. The number of hydrogen-bond donors (Lipinski definition) is 0. The molecule has 0 spiro atoms. The van der Waals surface area contributed by atoms with Gasteiger partial charge in [0.25, 0.3) is 5.89 Å². The van der Waals surface area contributed by atoms with E-state index in [1.165, 1.54) is 25.3 Å². The number of fused-ring (bicyclic) bond motifs is 1. The quantitative estimate of drug-likeness (QED) is 0.326. The van der Waals surface area contributed by atoms with Gasteiger partial charge in [0.05, 0.1) is 22.8 Å². The normalized spacial score (nSPS) is 12.7. The van der Waals surface area contributed by atoms with Gasteiger partial charge in [-0.25, -0.2) is 14.8 Å². The highest BCUT2D eigenvalue weighted by Crippen LogP contribution is 2.37. The van der Waals surface area contributed by atoms with Crippen LogP contribution in [0.5, 0.6) is 5.75 Å². The summed E-state index contributed by atoms with van der Waals surface area (Å²) in [6.07, 6.45) is -2.44. The van der Waals surface area contributed by atoms with Crippen LogP contribution in [0.25, 0.3) is 28.6 Å². The van der Waals surface area contributed by atoms with Gasteiger partial charge in [0.15, 0.2) is 17.4 Å². The van der Waals surface area contributed by atoms with E-state index in [1.54, 1.807) is 6.92 Å². The standard InChI is InChI=1S/C20H14Cl2F3N5O4/c1-3-32-19(31)9(2)33-14-5-11(21)10(4-12(14)22)17-28-18(34-29-17)13-7-30-8-15(20(23,24)25)26-6-16(30)27-13/h4-9H,3H2,1-2H3. The maximum atomic E-state index is 12.9. The monoisotopic (exact) mass is 515 g/mol. The second-order valence-corrected chi connectivity index (χ2v) is 7.67. The van der Waals surface area contributed by atoms with E-state index in [-0.39, 0.29) is 45.5 Å². The fraction of sp³-hybridized carbons (Fsp3) is 0.250. The molecule has 178 valence electrons. The molecule has 0 aliphatic heterocycles. The van der Waals surface area contributed by atoms with E-state index in [4.69, 9.17) is 37.2 Å². The van der Waals surface area contributed by atoms with Gasteiger partial charge in [-0.2, -0.15) is 18.2 Å². The topological polar surface area (TPSA) is 105 Å². The second-order valence-electron chi connectivity index (χ2n) is 6.86. The lowest BCUT2D eigenvalue weighted by Gasteiger charge is -2.15. The third-order valence-electron chi connectivity index (χ3n) is 4.46. The molecule has 0 bridgehead atoms. The van der Waals surface area contributed by atoms with Crippen molar-refractivity contribution < 1.29 is 32.0 Å². The van der Waals surface area contributed by atoms with Crippen LogP contribution in [-0.4, -0.2) is 43.2 Å². The Labute approximate surface area is 199 Å². The minimum absolute atomic E-state index is 0.0538. The first kappa shape index (κ1) is 23.8. The van der Waals surface area contributed by atoms with Crippen LogP contribution in [0.2, 0.25) is 10.0 Å². The largest absolute Gasteiger partial charge is 0.477 e. The number of nitrogens with zero attached hydrogens (tertiary/aromatic N) is 5. The highest BCUT2D eigenvalue weighted by atomic mass is 35.5.